The number of sulfonamides is 1. The van der Waals surface area contributed by atoms with Crippen LogP contribution in [0.3, 0.4) is 0 Å². The van der Waals surface area contributed by atoms with Crippen molar-refractivity contribution in [2.75, 3.05) is 25.4 Å². The van der Waals surface area contributed by atoms with Crippen molar-refractivity contribution in [3.63, 3.8) is 0 Å². The van der Waals surface area contributed by atoms with Crippen LogP contribution in [0.2, 0.25) is 0 Å². The Bertz CT molecular complexity index is 421. The lowest BCUT2D eigenvalue weighted by Gasteiger charge is -2.48. The van der Waals surface area contributed by atoms with Crippen molar-refractivity contribution in [3.8, 4) is 0 Å². The number of rotatable bonds is 4. The molecule has 2 fully saturated rings. The molecule has 1 aliphatic carbocycles. The van der Waals surface area contributed by atoms with Crippen molar-refractivity contribution in [2.45, 2.75) is 44.1 Å². The van der Waals surface area contributed by atoms with Crippen molar-refractivity contribution in [3.05, 3.63) is 0 Å². The molecule has 2 rings (SSSR count). The first kappa shape index (κ1) is 14.7. The third-order valence-corrected chi connectivity index (χ3v) is 6.13. The molecule has 1 saturated carbocycles. The van der Waals surface area contributed by atoms with Crippen molar-refractivity contribution < 1.29 is 18.3 Å². The van der Waals surface area contributed by atoms with E-state index in [0.29, 0.717) is 19.6 Å². The number of hydrogen-bond donors (Lipinski definition) is 2. The van der Waals surface area contributed by atoms with Crippen LogP contribution in [-0.2, 0) is 14.8 Å². The lowest BCUT2D eigenvalue weighted by atomic mass is 9.80. The number of hydrogen-bond acceptors (Lipinski definition) is 4. The largest absolute Gasteiger partial charge is 0.481 e. The number of carboxylic acid groups (broad SMARTS) is 1. The molecule has 0 aromatic rings. The van der Waals surface area contributed by atoms with Gasteiger partial charge in [0, 0.05) is 25.2 Å². The molecular formula is C12H22N2O4S. The van der Waals surface area contributed by atoms with Gasteiger partial charge in [-0.15, -0.1) is 0 Å². The number of aliphatic carboxylic acids is 1. The summed E-state index contributed by atoms with van der Waals surface area (Å²) in [5.74, 6) is -1.35. The molecule has 110 valence electrons. The predicted molar refractivity (Wildman–Crippen MR) is 71.4 cm³/mol. The van der Waals surface area contributed by atoms with Crippen LogP contribution in [0.25, 0.3) is 0 Å². The summed E-state index contributed by atoms with van der Waals surface area (Å²) in [6, 6.07) is 0. The van der Waals surface area contributed by atoms with E-state index in [1.54, 1.807) is 4.31 Å². The molecule has 7 heteroatoms. The van der Waals surface area contributed by atoms with Gasteiger partial charge in [-0.05, 0) is 12.8 Å². The number of nitrogens with one attached hydrogen (secondary N) is 1. The Morgan fingerprint density at radius 1 is 1.26 bits per heavy atom. The maximum atomic E-state index is 12.4. The van der Waals surface area contributed by atoms with Crippen molar-refractivity contribution in [2.24, 2.45) is 0 Å². The Morgan fingerprint density at radius 3 is 2.58 bits per heavy atom. The molecule has 2 aliphatic rings. The number of nitrogens with zero attached hydrogens (tertiary/aromatic N) is 1. The molecule has 0 aromatic carbocycles. The zero-order chi connectivity index (χ0) is 13.9. The molecule has 2 N–H and O–H groups in total. The maximum Gasteiger partial charge on any atom is 0.304 e. The van der Waals surface area contributed by atoms with Crippen LogP contribution >= 0.6 is 0 Å². The Hall–Kier alpha value is -0.660. The molecular weight excluding hydrogens is 268 g/mol. The summed E-state index contributed by atoms with van der Waals surface area (Å²) in [6.07, 6.45) is 4.70. The van der Waals surface area contributed by atoms with Gasteiger partial charge in [0.15, 0.2) is 0 Å². The minimum absolute atomic E-state index is 0.288. The summed E-state index contributed by atoms with van der Waals surface area (Å²) in [6.45, 7) is 1.80. The summed E-state index contributed by atoms with van der Waals surface area (Å²) < 4.78 is 26.4. The lowest BCUT2D eigenvalue weighted by molar-refractivity contribution is -0.136. The van der Waals surface area contributed by atoms with Crippen LogP contribution in [0.4, 0.5) is 0 Å². The van der Waals surface area contributed by atoms with E-state index in [1.807, 2.05) is 0 Å². The number of piperazine rings is 1. The SMILES string of the molecule is O=C(O)CCS(=O)(=O)N1CCNCC12CCCCC2. The minimum Gasteiger partial charge on any atom is -0.481 e. The summed E-state index contributed by atoms with van der Waals surface area (Å²) in [7, 11) is -3.47. The maximum absolute atomic E-state index is 12.4. The molecule has 1 aliphatic heterocycles. The standard InChI is InChI=1S/C12H22N2O4S/c15-11(16)4-9-19(17,18)14-8-7-13-10-12(14)5-2-1-3-6-12/h13H,1-10H2,(H,15,16). The van der Waals surface area contributed by atoms with Crippen molar-refractivity contribution in [1.82, 2.24) is 9.62 Å². The molecule has 0 aromatic heterocycles. The number of carboxylic acids is 1. The van der Waals surface area contributed by atoms with Crippen LogP contribution in [0.5, 0.6) is 0 Å². The van der Waals surface area contributed by atoms with Gasteiger partial charge in [-0.25, -0.2) is 8.42 Å². The van der Waals surface area contributed by atoms with E-state index in [4.69, 9.17) is 5.11 Å². The van der Waals surface area contributed by atoms with Crippen LogP contribution in [0, 0.1) is 0 Å². The van der Waals surface area contributed by atoms with Crippen LogP contribution in [0.1, 0.15) is 38.5 Å². The first-order valence-corrected chi connectivity index (χ1v) is 8.50. The monoisotopic (exact) mass is 290 g/mol. The van der Waals surface area contributed by atoms with E-state index in [1.165, 1.54) is 0 Å². The third kappa shape index (κ3) is 3.27. The minimum atomic E-state index is -3.47. The van der Waals surface area contributed by atoms with Crippen molar-refractivity contribution >= 4 is 16.0 Å². The second-order valence-corrected chi connectivity index (χ2v) is 7.51. The fourth-order valence-corrected chi connectivity index (χ4v) is 5.08. The second-order valence-electron chi connectivity index (χ2n) is 5.49. The van der Waals surface area contributed by atoms with Crippen LogP contribution in [0.15, 0.2) is 0 Å². The Kier molecular flexibility index (Phi) is 4.47. The average molecular weight is 290 g/mol. The van der Waals surface area contributed by atoms with Gasteiger partial charge in [-0.2, -0.15) is 4.31 Å². The highest BCUT2D eigenvalue weighted by molar-refractivity contribution is 7.89. The Labute approximate surface area is 114 Å². The lowest BCUT2D eigenvalue weighted by Crippen LogP contribution is -2.63. The molecule has 0 unspecified atom stereocenters. The first-order chi connectivity index (χ1) is 8.96. The quantitative estimate of drug-likeness (QED) is 0.782. The van der Waals surface area contributed by atoms with Gasteiger partial charge >= 0.3 is 5.97 Å². The summed E-state index contributed by atoms with van der Waals surface area (Å²) >= 11 is 0. The topological polar surface area (TPSA) is 86.7 Å². The highest BCUT2D eigenvalue weighted by Gasteiger charge is 2.45. The van der Waals surface area contributed by atoms with Crippen LogP contribution in [-0.4, -0.2) is 54.7 Å². The van der Waals surface area contributed by atoms with Gasteiger partial charge in [0.05, 0.1) is 12.2 Å². The first-order valence-electron chi connectivity index (χ1n) is 6.89. The van der Waals surface area contributed by atoms with E-state index in [2.05, 4.69) is 5.32 Å². The van der Waals surface area contributed by atoms with Gasteiger partial charge in [-0.3, -0.25) is 4.79 Å². The Balaban J connectivity index is 2.16. The average Bonchev–Trinajstić information content (AvgIpc) is 2.38. The van der Waals surface area contributed by atoms with Crippen LogP contribution < -0.4 is 5.32 Å². The summed E-state index contributed by atoms with van der Waals surface area (Å²) in [4.78, 5) is 10.6. The Morgan fingerprint density at radius 2 is 1.95 bits per heavy atom. The zero-order valence-electron chi connectivity index (χ0n) is 11.1. The van der Waals surface area contributed by atoms with Gasteiger partial charge in [0.2, 0.25) is 10.0 Å². The second kappa shape index (κ2) is 5.76. The highest BCUT2D eigenvalue weighted by atomic mass is 32.2. The molecule has 0 bridgehead atoms. The summed E-state index contributed by atoms with van der Waals surface area (Å²) in [5, 5.41) is 12.0. The molecule has 1 spiro atoms. The van der Waals surface area contributed by atoms with Gasteiger partial charge in [0.1, 0.15) is 0 Å². The van der Waals surface area contributed by atoms with Gasteiger partial charge in [0.25, 0.3) is 0 Å². The van der Waals surface area contributed by atoms with E-state index < -0.39 is 16.0 Å². The number of carbonyl (C=O) groups is 1. The molecule has 1 saturated heterocycles. The fourth-order valence-electron chi connectivity index (χ4n) is 3.22. The zero-order valence-corrected chi connectivity index (χ0v) is 11.9. The third-order valence-electron chi connectivity index (χ3n) is 4.17. The molecule has 1 heterocycles. The van der Waals surface area contributed by atoms with Gasteiger partial charge < -0.3 is 10.4 Å². The molecule has 0 atom stereocenters. The summed E-state index contributed by atoms with van der Waals surface area (Å²) in [5.41, 5.74) is -0.312. The fraction of sp³-hybridized carbons (Fsp3) is 0.917. The molecule has 0 radical (unpaired) electrons. The van der Waals surface area contributed by atoms with Crippen molar-refractivity contribution in [1.29, 1.82) is 0 Å². The molecule has 0 amide bonds. The predicted octanol–water partition coefficient (Wildman–Crippen LogP) is 0.399. The smallest absolute Gasteiger partial charge is 0.304 e. The van der Waals surface area contributed by atoms with E-state index >= 15 is 0 Å². The van der Waals surface area contributed by atoms with E-state index in [-0.39, 0.29) is 17.7 Å². The normalized spacial score (nSPS) is 24.4. The van der Waals surface area contributed by atoms with E-state index in [0.717, 1.165) is 32.1 Å². The molecule has 19 heavy (non-hydrogen) atoms. The van der Waals surface area contributed by atoms with Gasteiger partial charge in [-0.1, -0.05) is 19.3 Å². The molecule has 6 nitrogen and oxygen atoms in total. The van der Waals surface area contributed by atoms with E-state index in [9.17, 15) is 13.2 Å². The highest BCUT2D eigenvalue weighted by Crippen LogP contribution is 2.36.